The van der Waals surface area contributed by atoms with Gasteiger partial charge in [-0.15, -0.1) is 0 Å². The molecule has 1 aliphatic heterocycles. The number of hydrogen-bond donors (Lipinski definition) is 0. The second-order valence-electron chi connectivity index (χ2n) is 6.67. The summed E-state index contributed by atoms with van der Waals surface area (Å²) >= 11 is 0. The van der Waals surface area contributed by atoms with Crippen LogP contribution in [0.3, 0.4) is 0 Å². The molecule has 3 rings (SSSR count). The number of amides is 2. The predicted octanol–water partition coefficient (Wildman–Crippen LogP) is 2.78. The SMILES string of the molecule is N#CC1CCCC1N1C(=O)CC2(CCCCCC2)C1=O. The molecule has 0 aromatic carbocycles. The van der Waals surface area contributed by atoms with E-state index in [1.807, 2.05) is 0 Å². The fourth-order valence-corrected chi connectivity index (χ4v) is 4.35. The van der Waals surface area contributed by atoms with Crippen LogP contribution in [0.4, 0.5) is 0 Å². The summed E-state index contributed by atoms with van der Waals surface area (Å²) in [5.41, 5.74) is -0.420. The molecule has 0 radical (unpaired) electrons. The van der Waals surface area contributed by atoms with Crippen LogP contribution in [0.25, 0.3) is 0 Å². The minimum Gasteiger partial charge on any atom is -0.278 e. The number of rotatable bonds is 1. The first-order valence-corrected chi connectivity index (χ1v) is 7.94. The van der Waals surface area contributed by atoms with Crippen molar-refractivity contribution in [1.29, 1.82) is 5.26 Å². The van der Waals surface area contributed by atoms with E-state index in [9.17, 15) is 14.9 Å². The smallest absolute Gasteiger partial charge is 0.236 e. The molecule has 20 heavy (non-hydrogen) atoms. The highest BCUT2D eigenvalue weighted by atomic mass is 16.2. The van der Waals surface area contributed by atoms with Crippen molar-refractivity contribution >= 4 is 11.8 Å². The molecule has 4 heteroatoms. The minimum absolute atomic E-state index is 0.0240. The highest BCUT2D eigenvalue weighted by molar-refractivity contribution is 6.06. The Bertz CT molecular complexity index is 458. The normalized spacial score (nSPS) is 33.5. The van der Waals surface area contributed by atoms with E-state index in [1.54, 1.807) is 0 Å². The topological polar surface area (TPSA) is 61.2 Å². The number of likely N-dealkylation sites (tertiary alicyclic amines) is 1. The molecule has 108 valence electrons. The lowest BCUT2D eigenvalue weighted by atomic mass is 9.79. The van der Waals surface area contributed by atoms with Crippen LogP contribution in [0.15, 0.2) is 0 Å². The van der Waals surface area contributed by atoms with E-state index in [4.69, 9.17) is 0 Å². The van der Waals surface area contributed by atoms with E-state index in [0.29, 0.717) is 6.42 Å². The lowest BCUT2D eigenvalue weighted by molar-refractivity contribution is -0.144. The Morgan fingerprint density at radius 1 is 1.05 bits per heavy atom. The van der Waals surface area contributed by atoms with Crippen LogP contribution >= 0.6 is 0 Å². The lowest BCUT2D eigenvalue weighted by Crippen LogP contribution is -2.44. The van der Waals surface area contributed by atoms with Gasteiger partial charge in [-0.1, -0.05) is 25.7 Å². The molecule has 0 aromatic rings. The molecule has 3 aliphatic rings. The van der Waals surface area contributed by atoms with Gasteiger partial charge < -0.3 is 0 Å². The Morgan fingerprint density at radius 3 is 2.40 bits per heavy atom. The van der Waals surface area contributed by atoms with Gasteiger partial charge in [0, 0.05) is 6.42 Å². The minimum atomic E-state index is -0.420. The molecule has 2 amide bonds. The average molecular weight is 274 g/mol. The van der Waals surface area contributed by atoms with E-state index in [0.717, 1.165) is 44.9 Å². The van der Waals surface area contributed by atoms with E-state index in [-0.39, 0.29) is 23.8 Å². The maximum Gasteiger partial charge on any atom is 0.236 e. The summed E-state index contributed by atoms with van der Waals surface area (Å²) in [6, 6.07) is 2.14. The van der Waals surface area contributed by atoms with E-state index in [1.165, 1.54) is 17.7 Å². The molecule has 2 unspecified atom stereocenters. The van der Waals surface area contributed by atoms with Gasteiger partial charge in [0.05, 0.1) is 23.4 Å². The van der Waals surface area contributed by atoms with Crippen molar-refractivity contribution in [3.05, 3.63) is 0 Å². The molecule has 0 N–H and O–H groups in total. The van der Waals surface area contributed by atoms with Crippen LogP contribution in [-0.4, -0.2) is 22.8 Å². The molecule has 1 heterocycles. The van der Waals surface area contributed by atoms with Crippen molar-refractivity contribution < 1.29 is 9.59 Å². The molecule has 2 atom stereocenters. The van der Waals surface area contributed by atoms with E-state index >= 15 is 0 Å². The third-order valence-electron chi connectivity index (χ3n) is 5.47. The quantitative estimate of drug-likeness (QED) is 0.691. The first-order valence-electron chi connectivity index (χ1n) is 7.94. The van der Waals surface area contributed by atoms with Crippen LogP contribution in [0.1, 0.15) is 64.2 Å². The Balaban J connectivity index is 1.85. The Labute approximate surface area is 120 Å². The largest absolute Gasteiger partial charge is 0.278 e. The zero-order chi connectivity index (χ0) is 14.2. The zero-order valence-corrected chi connectivity index (χ0v) is 11.9. The molecule has 1 spiro atoms. The standard InChI is InChI=1S/C16H22N2O2/c17-11-12-6-5-7-13(12)18-14(19)10-16(15(18)20)8-3-1-2-4-9-16/h12-13H,1-10H2. The number of nitrogens with zero attached hydrogens (tertiary/aromatic N) is 2. The summed E-state index contributed by atoms with van der Waals surface area (Å²) in [5, 5.41) is 9.22. The molecule has 0 bridgehead atoms. The van der Waals surface area contributed by atoms with Gasteiger partial charge >= 0.3 is 0 Å². The average Bonchev–Trinajstić information content (AvgIpc) is 2.88. The van der Waals surface area contributed by atoms with Crippen molar-refractivity contribution in [2.75, 3.05) is 0 Å². The second kappa shape index (κ2) is 5.20. The van der Waals surface area contributed by atoms with E-state index < -0.39 is 5.41 Å². The van der Waals surface area contributed by atoms with Crippen molar-refractivity contribution in [3.63, 3.8) is 0 Å². The van der Waals surface area contributed by atoms with Crippen molar-refractivity contribution in [3.8, 4) is 6.07 Å². The fraction of sp³-hybridized carbons (Fsp3) is 0.812. The summed E-state index contributed by atoms with van der Waals surface area (Å²) < 4.78 is 0. The Morgan fingerprint density at radius 2 is 1.75 bits per heavy atom. The van der Waals surface area contributed by atoms with Gasteiger partial charge in [-0.25, -0.2) is 0 Å². The van der Waals surface area contributed by atoms with Gasteiger partial charge in [0.2, 0.25) is 11.8 Å². The van der Waals surface area contributed by atoms with Gasteiger partial charge in [-0.3, -0.25) is 14.5 Å². The van der Waals surface area contributed by atoms with Gasteiger partial charge in [-0.05, 0) is 32.1 Å². The monoisotopic (exact) mass is 274 g/mol. The highest BCUT2D eigenvalue weighted by Crippen LogP contribution is 2.46. The molecule has 2 saturated carbocycles. The molecular weight excluding hydrogens is 252 g/mol. The number of carbonyl (C=O) groups excluding carboxylic acids is 2. The maximum atomic E-state index is 12.9. The molecular formula is C16H22N2O2. The Hall–Kier alpha value is -1.37. The number of imide groups is 1. The molecule has 1 saturated heterocycles. The first kappa shape index (κ1) is 13.6. The lowest BCUT2D eigenvalue weighted by Gasteiger charge is -2.29. The second-order valence-corrected chi connectivity index (χ2v) is 6.67. The van der Waals surface area contributed by atoms with Gasteiger partial charge in [0.25, 0.3) is 0 Å². The number of hydrogen-bond acceptors (Lipinski definition) is 3. The summed E-state index contributed by atoms with van der Waals surface area (Å²) in [5.74, 6) is -0.135. The summed E-state index contributed by atoms with van der Waals surface area (Å²) in [6.07, 6.45) is 9.15. The Kier molecular flexibility index (Phi) is 3.54. The molecule has 4 nitrogen and oxygen atoms in total. The van der Waals surface area contributed by atoms with Crippen LogP contribution in [0, 0.1) is 22.7 Å². The van der Waals surface area contributed by atoms with Gasteiger partial charge in [0.15, 0.2) is 0 Å². The van der Waals surface area contributed by atoms with Crippen molar-refractivity contribution in [1.82, 2.24) is 4.90 Å². The van der Waals surface area contributed by atoms with Crippen LogP contribution in [-0.2, 0) is 9.59 Å². The third-order valence-corrected chi connectivity index (χ3v) is 5.47. The third kappa shape index (κ3) is 2.04. The summed E-state index contributed by atoms with van der Waals surface area (Å²) in [4.78, 5) is 26.8. The first-order chi connectivity index (χ1) is 9.68. The van der Waals surface area contributed by atoms with Gasteiger partial charge in [0.1, 0.15) is 0 Å². The highest BCUT2D eigenvalue weighted by Gasteiger charge is 2.54. The molecule has 3 fully saturated rings. The summed E-state index contributed by atoms with van der Waals surface area (Å²) in [6.45, 7) is 0. The summed E-state index contributed by atoms with van der Waals surface area (Å²) in [7, 11) is 0. The number of carbonyl (C=O) groups is 2. The maximum absolute atomic E-state index is 12.9. The van der Waals surface area contributed by atoms with Gasteiger partial charge in [-0.2, -0.15) is 5.26 Å². The van der Waals surface area contributed by atoms with Crippen LogP contribution in [0.5, 0.6) is 0 Å². The molecule has 2 aliphatic carbocycles. The fourth-order valence-electron chi connectivity index (χ4n) is 4.35. The van der Waals surface area contributed by atoms with Crippen molar-refractivity contribution in [2.45, 2.75) is 70.3 Å². The predicted molar refractivity (Wildman–Crippen MR) is 73.3 cm³/mol. The molecule has 0 aromatic heterocycles. The van der Waals surface area contributed by atoms with E-state index in [2.05, 4.69) is 6.07 Å². The van der Waals surface area contributed by atoms with Crippen LogP contribution in [0.2, 0.25) is 0 Å². The zero-order valence-electron chi connectivity index (χ0n) is 11.9. The van der Waals surface area contributed by atoms with Crippen molar-refractivity contribution in [2.24, 2.45) is 11.3 Å². The number of nitriles is 1. The van der Waals surface area contributed by atoms with Crippen LogP contribution < -0.4 is 0 Å².